The lowest BCUT2D eigenvalue weighted by atomic mass is 9.92. The van der Waals surface area contributed by atoms with Gasteiger partial charge in [0.05, 0.1) is 0 Å². The molecule has 4 heterocycles. The number of alkyl halides is 8. The number of nitrogens with zero attached hydrogens (tertiary/aromatic N) is 7. The number of H-pyrrole nitrogens is 1. The van der Waals surface area contributed by atoms with E-state index in [1.165, 1.54) is 0 Å². The van der Waals surface area contributed by atoms with E-state index in [4.69, 9.17) is 0 Å². The van der Waals surface area contributed by atoms with Crippen molar-refractivity contribution in [3.05, 3.63) is 52.2 Å². The van der Waals surface area contributed by atoms with E-state index in [0.29, 0.717) is 0 Å². The molecule has 0 bridgehead atoms. The molecule has 0 radical (unpaired) electrons. The largest absolute Gasteiger partial charge is 0.351 e. The number of aromatic amines is 1. The van der Waals surface area contributed by atoms with Crippen LogP contribution in [0.4, 0.5) is 72.1 Å². The Morgan fingerprint density at radius 3 is 1.12 bits per heavy atom. The van der Waals surface area contributed by atoms with E-state index >= 15 is 0 Å². The van der Waals surface area contributed by atoms with Crippen molar-refractivity contribution in [3.63, 3.8) is 0 Å². The van der Waals surface area contributed by atoms with Gasteiger partial charge in [-0.3, -0.25) is 4.79 Å². The monoisotopic (exact) mass is 954 g/mol. The fourth-order valence-corrected chi connectivity index (χ4v) is 7.89. The highest BCUT2D eigenvalue weighted by atomic mass is 35.5. The minimum absolute atomic E-state index is 0. The molecule has 0 saturated heterocycles. The topological polar surface area (TPSA) is 171 Å². The molecule has 65 heavy (non-hydrogen) atoms. The van der Waals surface area contributed by atoms with E-state index in [-0.39, 0.29) is 180 Å². The molecule has 4 aliphatic carbocycles. The lowest BCUT2D eigenvalue weighted by Crippen LogP contribution is -2.33. The van der Waals surface area contributed by atoms with Crippen molar-refractivity contribution in [2.45, 2.75) is 151 Å². The van der Waals surface area contributed by atoms with Gasteiger partial charge in [0.15, 0.2) is 23.3 Å². The molecule has 5 N–H and O–H groups in total. The van der Waals surface area contributed by atoms with E-state index < -0.39 is 52.5 Å². The van der Waals surface area contributed by atoms with Crippen LogP contribution in [0.15, 0.2) is 29.1 Å². The molecule has 0 atom stereocenters. The average Bonchev–Trinajstić information content (AvgIpc) is 3.23. The highest BCUT2D eigenvalue weighted by molar-refractivity contribution is 5.85. The molecule has 0 aliphatic heterocycles. The zero-order valence-electron chi connectivity index (χ0n) is 34.5. The van der Waals surface area contributed by atoms with Crippen LogP contribution >= 0.6 is 12.4 Å². The molecule has 4 aliphatic rings. The lowest BCUT2D eigenvalue weighted by Gasteiger charge is -2.30. The molecule has 13 nitrogen and oxygen atoms in total. The molecular formula is C40H46ClF11N12O. The summed E-state index contributed by atoms with van der Waals surface area (Å²) in [6.45, 7) is 0. The molecule has 0 unspecified atom stereocenters. The van der Waals surface area contributed by atoms with Crippen molar-refractivity contribution in [2.24, 2.45) is 0 Å². The Morgan fingerprint density at radius 2 is 0.769 bits per heavy atom. The highest BCUT2D eigenvalue weighted by Crippen LogP contribution is 2.38. The summed E-state index contributed by atoms with van der Waals surface area (Å²) in [6, 6.07) is 2.42. The van der Waals surface area contributed by atoms with Crippen molar-refractivity contribution < 1.29 is 48.3 Å². The first kappa shape index (κ1) is 49.3. The number of halogens is 12. The molecule has 8 rings (SSSR count). The zero-order valence-corrected chi connectivity index (χ0v) is 35.4. The minimum Gasteiger partial charge on any atom is -0.351 e. The van der Waals surface area contributed by atoms with Crippen LogP contribution in [0, 0.1) is 17.6 Å². The second-order valence-corrected chi connectivity index (χ2v) is 16.7. The number of hydrogen-bond acceptors (Lipinski definition) is 12. The van der Waals surface area contributed by atoms with Gasteiger partial charge in [-0.2, -0.15) is 34.3 Å². The number of rotatable bonds is 10. The predicted molar refractivity (Wildman–Crippen MR) is 219 cm³/mol. The van der Waals surface area contributed by atoms with E-state index in [9.17, 15) is 53.1 Å². The summed E-state index contributed by atoms with van der Waals surface area (Å²) in [5, 5.41) is 11.9. The maximum absolute atomic E-state index is 14.3. The third kappa shape index (κ3) is 13.9. The van der Waals surface area contributed by atoms with Crippen LogP contribution < -0.4 is 26.8 Å². The van der Waals surface area contributed by atoms with E-state index in [1.807, 2.05) is 0 Å². The van der Waals surface area contributed by atoms with Gasteiger partial charge in [0.1, 0.15) is 11.4 Å². The number of pyridine rings is 2. The maximum atomic E-state index is 14.3. The predicted octanol–water partition coefficient (Wildman–Crippen LogP) is 9.96. The van der Waals surface area contributed by atoms with E-state index in [1.54, 1.807) is 0 Å². The Kier molecular flexibility index (Phi) is 15.3. The molecule has 0 spiro atoms. The van der Waals surface area contributed by atoms with E-state index in [2.05, 4.69) is 61.1 Å². The second kappa shape index (κ2) is 20.1. The maximum Gasteiger partial charge on any atom is 0.248 e. The van der Waals surface area contributed by atoms with Crippen molar-refractivity contribution >= 4 is 36.2 Å². The molecule has 0 aromatic carbocycles. The van der Waals surface area contributed by atoms with Gasteiger partial charge in [0.25, 0.3) is 0 Å². The van der Waals surface area contributed by atoms with Crippen LogP contribution in [0.25, 0.3) is 23.0 Å². The minimum atomic E-state index is -2.72. The molecule has 4 fully saturated rings. The van der Waals surface area contributed by atoms with Gasteiger partial charge in [0.2, 0.25) is 59.0 Å². The van der Waals surface area contributed by atoms with Crippen molar-refractivity contribution in [2.75, 3.05) is 21.3 Å². The second-order valence-electron chi connectivity index (χ2n) is 16.7. The standard InChI is InChI=1S/C20H22F6N6.C20H23F5N6O.ClH/c21-13-1-2-14(22)29-15(13)16-30-17(27-11-3-7-19(23,24)8-4-11)32-18(31-16)28-12-5-9-20(25,26)10-6-12;21-13-1-2-14(32)28-15(13)16-29-17(26-11-3-7-19(22,23)8-4-11)31-18(30-16)27-12-5-9-20(24,25)10-6-12;/h1-2,11-12H,3-10H2,(H2,27,28,30,31,32);1-2,11-12H,3-10H2,(H,28,32)(H2,26,27,29,30,31);1H. The van der Waals surface area contributed by atoms with Crippen LogP contribution in [-0.2, 0) is 0 Å². The van der Waals surface area contributed by atoms with Gasteiger partial charge in [-0.15, -0.1) is 12.4 Å². The Labute approximate surface area is 370 Å². The first-order valence-electron chi connectivity index (χ1n) is 21.0. The summed E-state index contributed by atoms with van der Waals surface area (Å²) in [5.41, 5.74) is -1.25. The summed E-state index contributed by atoms with van der Waals surface area (Å²) in [7, 11) is 0. The van der Waals surface area contributed by atoms with Gasteiger partial charge in [-0.1, -0.05) is 0 Å². The number of anilines is 4. The van der Waals surface area contributed by atoms with Crippen LogP contribution in [0.1, 0.15) is 103 Å². The summed E-state index contributed by atoms with van der Waals surface area (Å²) >= 11 is 0. The number of nitrogens with one attached hydrogen (secondary N) is 5. The summed E-state index contributed by atoms with van der Waals surface area (Å²) < 4.78 is 150. The average molecular weight is 955 g/mol. The molecule has 4 saturated carbocycles. The molecule has 356 valence electrons. The van der Waals surface area contributed by atoms with Crippen molar-refractivity contribution in [3.8, 4) is 23.0 Å². The Bertz CT molecular complexity index is 2190. The van der Waals surface area contributed by atoms with Gasteiger partial charge < -0.3 is 26.3 Å². The summed E-state index contributed by atoms with van der Waals surface area (Å²) in [6.07, 6.45) is -0.719. The van der Waals surface area contributed by atoms with Gasteiger partial charge in [-0.05, 0) is 69.6 Å². The quantitative estimate of drug-likeness (QED) is 0.0754. The van der Waals surface area contributed by atoms with Crippen LogP contribution in [0.3, 0.4) is 0 Å². The number of hydrogen-bond donors (Lipinski definition) is 5. The molecular weight excluding hydrogens is 909 g/mol. The lowest BCUT2D eigenvalue weighted by molar-refractivity contribution is -0.0367. The van der Waals surface area contributed by atoms with Crippen LogP contribution in [0.2, 0.25) is 0 Å². The first-order chi connectivity index (χ1) is 30.2. The van der Waals surface area contributed by atoms with Gasteiger partial charge in [0, 0.05) is 81.6 Å². The first-order valence-corrected chi connectivity index (χ1v) is 21.0. The molecule has 25 heteroatoms. The van der Waals surface area contributed by atoms with Crippen LogP contribution in [-0.4, -0.2) is 87.7 Å². The SMILES string of the molecule is Cl.Fc1ccc(F)c(-c2nc(NC3CCC(F)(F)CC3)nc(NC3CCC(F)(F)CC3)n2)n1.O=c1ccc(F)c(-c2nc(NC3CCC(F)(F)CC3)nc(NC3CCC(F)(F)CC3)n2)[nH]1. The molecule has 4 aromatic heterocycles. The fraction of sp³-hybridized carbons (Fsp3) is 0.600. The van der Waals surface area contributed by atoms with Crippen LogP contribution in [0.5, 0.6) is 0 Å². The smallest absolute Gasteiger partial charge is 0.248 e. The normalized spacial score (nSPS) is 21.0. The van der Waals surface area contributed by atoms with Crippen molar-refractivity contribution in [1.29, 1.82) is 0 Å². The third-order valence-corrected chi connectivity index (χ3v) is 11.6. The third-order valence-electron chi connectivity index (χ3n) is 11.6. The number of aromatic nitrogens is 8. The fourth-order valence-electron chi connectivity index (χ4n) is 7.89. The zero-order chi connectivity index (χ0) is 45.9. The van der Waals surface area contributed by atoms with Gasteiger partial charge >= 0.3 is 0 Å². The van der Waals surface area contributed by atoms with E-state index in [0.717, 1.165) is 24.3 Å². The summed E-state index contributed by atoms with van der Waals surface area (Å²) in [5.74, 6) is -13.8. The Morgan fingerprint density at radius 1 is 0.446 bits per heavy atom. The van der Waals surface area contributed by atoms with Crippen molar-refractivity contribution in [1.82, 2.24) is 39.9 Å². The molecule has 0 amide bonds. The molecule has 4 aromatic rings. The van der Waals surface area contributed by atoms with Gasteiger partial charge in [-0.25, -0.2) is 48.9 Å². The summed E-state index contributed by atoms with van der Waals surface area (Å²) in [4.78, 5) is 42.5. The Balaban J connectivity index is 0.000000212. The highest BCUT2D eigenvalue weighted by Gasteiger charge is 2.38. The Hall–Kier alpha value is -5.16.